The zero-order valence-electron chi connectivity index (χ0n) is 13.6. The van der Waals surface area contributed by atoms with E-state index in [1.165, 1.54) is 0 Å². The number of benzene rings is 2. The van der Waals surface area contributed by atoms with Crippen LogP contribution in [0.15, 0.2) is 42.5 Å². The van der Waals surface area contributed by atoms with Crippen molar-refractivity contribution in [3.63, 3.8) is 0 Å². The number of aromatic hydroxyl groups is 1. The molecule has 2 aromatic rings. The van der Waals surface area contributed by atoms with Gasteiger partial charge in [0.2, 0.25) is 0 Å². The van der Waals surface area contributed by atoms with Crippen molar-refractivity contribution in [2.45, 2.75) is 38.7 Å². The van der Waals surface area contributed by atoms with Crippen LogP contribution in [-0.4, -0.2) is 22.8 Å². The average molecular weight is 324 g/mol. The second kappa shape index (κ2) is 6.87. The fourth-order valence-corrected chi connectivity index (χ4v) is 2.97. The van der Waals surface area contributed by atoms with Crippen LogP contribution in [0, 0.1) is 6.92 Å². The van der Waals surface area contributed by atoms with Gasteiger partial charge in [0.25, 0.3) is 0 Å². The molecule has 124 valence electrons. The van der Waals surface area contributed by atoms with Crippen molar-refractivity contribution in [3.05, 3.63) is 59.2 Å². The van der Waals surface area contributed by atoms with E-state index in [1.54, 1.807) is 43.3 Å². The van der Waals surface area contributed by atoms with Gasteiger partial charge < -0.3 is 9.84 Å². The molecule has 0 heterocycles. The highest BCUT2D eigenvalue weighted by atomic mass is 16.5. The van der Waals surface area contributed by atoms with Crippen LogP contribution >= 0.6 is 0 Å². The Kier molecular flexibility index (Phi) is 4.65. The summed E-state index contributed by atoms with van der Waals surface area (Å²) >= 11 is 0. The van der Waals surface area contributed by atoms with Gasteiger partial charge in [-0.25, -0.2) is 0 Å². The van der Waals surface area contributed by atoms with Gasteiger partial charge in [-0.1, -0.05) is 30.3 Å². The van der Waals surface area contributed by atoms with Gasteiger partial charge in [-0.2, -0.15) is 0 Å². The first-order valence-electron chi connectivity index (χ1n) is 8.19. The predicted octanol–water partition coefficient (Wildman–Crippen LogP) is 3.82. The molecule has 0 saturated heterocycles. The Morgan fingerprint density at radius 1 is 1.12 bits per heavy atom. The van der Waals surface area contributed by atoms with Crippen LogP contribution in [0.5, 0.6) is 11.5 Å². The van der Waals surface area contributed by atoms with Crippen LogP contribution in [0.2, 0.25) is 0 Å². The first kappa shape index (κ1) is 16.2. The molecule has 1 unspecified atom stereocenters. The van der Waals surface area contributed by atoms with Gasteiger partial charge in [-0.3, -0.25) is 9.59 Å². The smallest absolute Gasteiger partial charge is 0.196 e. The Labute approximate surface area is 141 Å². The number of carbonyl (C=O) groups excluding carboxylic acids is 2. The lowest BCUT2D eigenvalue weighted by atomic mass is 9.96. The number of rotatable bonds is 4. The van der Waals surface area contributed by atoms with Crippen molar-refractivity contribution in [3.8, 4) is 11.5 Å². The zero-order valence-corrected chi connectivity index (χ0v) is 13.6. The molecule has 1 saturated carbocycles. The van der Waals surface area contributed by atoms with Gasteiger partial charge in [0.05, 0.1) is 5.56 Å². The van der Waals surface area contributed by atoms with Crippen molar-refractivity contribution in [2.24, 2.45) is 0 Å². The lowest BCUT2D eigenvalue weighted by molar-refractivity contribution is -0.127. The molecule has 0 aromatic heterocycles. The highest BCUT2D eigenvalue weighted by molar-refractivity contribution is 6.11. The maximum atomic E-state index is 12.5. The van der Waals surface area contributed by atoms with Gasteiger partial charge in [-0.05, 0) is 38.3 Å². The van der Waals surface area contributed by atoms with Crippen LogP contribution < -0.4 is 4.74 Å². The SMILES string of the molecule is Cc1c(OC2CCCCC2=O)ccc(C(=O)c2ccccc2)c1O. The number of Topliss-reactive ketones (excluding diaryl/α,β-unsaturated/α-hetero) is 1. The average Bonchev–Trinajstić information content (AvgIpc) is 2.61. The number of ether oxygens (including phenoxy) is 1. The summed E-state index contributed by atoms with van der Waals surface area (Å²) in [6, 6.07) is 12.0. The quantitative estimate of drug-likeness (QED) is 0.868. The number of phenolic OH excluding ortho intramolecular Hbond substituents is 1. The van der Waals surface area contributed by atoms with Gasteiger partial charge in [0.1, 0.15) is 11.5 Å². The number of ketones is 2. The summed E-state index contributed by atoms with van der Waals surface area (Å²) in [5, 5.41) is 10.4. The number of hydrogen-bond acceptors (Lipinski definition) is 4. The largest absolute Gasteiger partial charge is 0.507 e. The summed E-state index contributed by atoms with van der Waals surface area (Å²) in [4.78, 5) is 24.4. The number of hydrogen-bond donors (Lipinski definition) is 1. The molecule has 0 bridgehead atoms. The summed E-state index contributed by atoms with van der Waals surface area (Å²) in [7, 11) is 0. The Morgan fingerprint density at radius 2 is 1.88 bits per heavy atom. The molecule has 1 atom stereocenters. The zero-order chi connectivity index (χ0) is 17.1. The van der Waals surface area contributed by atoms with Gasteiger partial charge >= 0.3 is 0 Å². The molecule has 3 rings (SSSR count). The topological polar surface area (TPSA) is 63.6 Å². The third kappa shape index (κ3) is 3.18. The summed E-state index contributed by atoms with van der Waals surface area (Å²) < 4.78 is 5.80. The Balaban J connectivity index is 1.86. The molecule has 0 spiro atoms. The Bertz CT molecular complexity index is 765. The molecule has 4 nitrogen and oxygen atoms in total. The van der Waals surface area contributed by atoms with E-state index in [-0.39, 0.29) is 22.9 Å². The molecule has 1 fully saturated rings. The Hall–Kier alpha value is -2.62. The van der Waals surface area contributed by atoms with E-state index in [4.69, 9.17) is 4.74 Å². The molecule has 4 heteroatoms. The van der Waals surface area contributed by atoms with E-state index in [2.05, 4.69) is 0 Å². The molecule has 0 amide bonds. The van der Waals surface area contributed by atoms with Crippen molar-refractivity contribution >= 4 is 11.6 Å². The van der Waals surface area contributed by atoms with Crippen LogP contribution in [0.3, 0.4) is 0 Å². The maximum absolute atomic E-state index is 12.5. The molecule has 1 aliphatic rings. The first-order chi connectivity index (χ1) is 11.6. The van der Waals surface area contributed by atoms with E-state index in [1.807, 2.05) is 6.07 Å². The number of carbonyl (C=O) groups is 2. The maximum Gasteiger partial charge on any atom is 0.196 e. The van der Waals surface area contributed by atoms with Gasteiger partial charge in [-0.15, -0.1) is 0 Å². The third-order valence-electron chi connectivity index (χ3n) is 4.43. The minimum absolute atomic E-state index is 0.0930. The van der Waals surface area contributed by atoms with E-state index < -0.39 is 6.10 Å². The fraction of sp³-hybridized carbons (Fsp3) is 0.300. The standard InChI is InChI=1S/C20H20O4/c1-13-17(24-18-10-6-5-9-16(18)21)12-11-15(19(13)22)20(23)14-7-3-2-4-8-14/h2-4,7-8,11-12,18,22H,5-6,9-10H2,1H3. The van der Waals surface area contributed by atoms with E-state index >= 15 is 0 Å². The van der Waals surface area contributed by atoms with Crippen molar-refractivity contribution in [1.82, 2.24) is 0 Å². The summed E-state index contributed by atoms with van der Waals surface area (Å²) in [5.41, 5.74) is 1.24. The lowest BCUT2D eigenvalue weighted by Crippen LogP contribution is -2.30. The molecular formula is C20H20O4. The minimum atomic E-state index is -0.451. The van der Waals surface area contributed by atoms with E-state index in [9.17, 15) is 14.7 Å². The molecule has 0 radical (unpaired) electrons. The van der Waals surface area contributed by atoms with E-state index in [0.29, 0.717) is 29.7 Å². The molecule has 0 aliphatic heterocycles. The highest BCUT2D eigenvalue weighted by Gasteiger charge is 2.25. The highest BCUT2D eigenvalue weighted by Crippen LogP contribution is 2.33. The second-order valence-electron chi connectivity index (χ2n) is 6.10. The molecule has 2 aromatic carbocycles. The molecule has 24 heavy (non-hydrogen) atoms. The van der Waals surface area contributed by atoms with Crippen molar-refractivity contribution < 1.29 is 19.4 Å². The van der Waals surface area contributed by atoms with Gasteiger partial charge in [0.15, 0.2) is 17.7 Å². The molecule has 1 aliphatic carbocycles. The van der Waals surface area contributed by atoms with E-state index in [0.717, 1.165) is 12.8 Å². The van der Waals surface area contributed by atoms with Gasteiger partial charge in [0, 0.05) is 17.5 Å². The van der Waals surface area contributed by atoms with Crippen LogP contribution in [-0.2, 0) is 4.79 Å². The predicted molar refractivity (Wildman–Crippen MR) is 90.6 cm³/mol. The molecule has 1 N–H and O–H groups in total. The van der Waals surface area contributed by atoms with Crippen LogP contribution in [0.25, 0.3) is 0 Å². The van der Waals surface area contributed by atoms with Crippen LogP contribution in [0.1, 0.15) is 47.2 Å². The minimum Gasteiger partial charge on any atom is -0.507 e. The fourth-order valence-electron chi connectivity index (χ4n) is 2.97. The normalized spacial score (nSPS) is 17.5. The van der Waals surface area contributed by atoms with Crippen molar-refractivity contribution in [2.75, 3.05) is 0 Å². The summed E-state index contributed by atoms with van der Waals surface area (Å²) in [6.45, 7) is 1.69. The lowest BCUT2D eigenvalue weighted by Gasteiger charge is -2.23. The monoisotopic (exact) mass is 324 g/mol. The van der Waals surface area contributed by atoms with Crippen molar-refractivity contribution in [1.29, 1.82) is 0 Å². The van der Waals surface area contributed by atoms with Crippen LogP contribution in [0.4, 0.5) is 0 Å². The second-order valence-corrected chi connectivity index (χ2v) is 6.10. The number of phenols is 1. The first-order valence-corrected chi connectivity index (χ1v) is 8.19. The Morgan fingerprint density at radius 3 is 2.58 bits per heavy atom. The summed E-state index contributed by atoms with van der Waals surface area (Å²) in [5.74, 6) is 0.225. The summed E-state index contributed by atoms with van der Waals surface area (Å²) in [6.07, 6.45) is 2.66. The third-order valence-corrected chi connectivity index (χ3v) is 4.43. The molecular weight excluding hydrogens is 304 g/mol.